The Labute approximate surface area is 238 Å². The number of carbonyl (C=O) groups is 2. The summed E-state index contributed by atoms with van der Waals surface area (Å²) in [7, 11) is 0. The van der Waals surface area contributed by atoms with E-state index in [0.717, 1.165) is 40.9 Å². The predicted octanol–water partition coefficient (Wildman–Crippen LogP) is 3.01. The Kier molecular flexibility index (Phi) is 8.68. The Balaban J connectivity index is 1.34. The molecule has 1 atom stereocenters. The van der Waals surface area contributed by atoms with E-state index in [9.17, 15) is 14.4 Å². The second-order valence-corrected chi connectivity index (χ2v) is 10.6. The largest absolute Gasteiger partial charge is 0.379 e. The van der Waals surface area contributed by atoms with Crippen LogP contribution in [0.5, 0.6) is 0 Å². The number of Topliss-reactive ketones (excluding diaryl/α,β-unsaturated/α-hetero) is 1. The third-order valence-corrected chi connectivity index (χ3v) is 7.68. The third-order valence-electron chi connectivity index (χ3n) is 7.68. The van der Waals surface area contributed by atoms with Gasteiger partial charge in [-0.25, -0.2) is 4.98 Å². The number of fused-ring (bicyclic) bond motifs is 1. The van der Waals surface area contributed by atoms with E-state index in [4.69, 9.17) is 10.5 Å². The van der Waals surface area contributed by atoms with E-state index in [0.29, 0.717) is 36.4 Å². The number of amides is 1. The zero-order valence-electron chi connectivity index (χ0n) is 23.4. The van der Waals surface area contributed by atoms with E-state index >= 15 is 0 Å². The second-order valence-electron chi connectivity index (χ2n) is 10.6. The topological polar surface area (TPSA) is 120 Å². The molecule has 212 valence electrons. The first-order valence-corrected chi connectivity index (χ1v) is 13.8. The Morgan fingerprint density at radius 2 is 1.73 bits per heavy atom. The van der Waals surface area contributed by atoms with Gasteiger partial charge in [-0.05, 0) is 65.9 Å². The third kappa shape index (κ3) is 6.77. The number of rotatable bonds is 10. The number of ether oxygens (including phenoxy) is 1. The van der Waals surface area contributed by atoms with Crippen molar-refractivity contribution < 1.29 is 14.3 Å². The van der Waals surface area contributed by atoms with E-state index in [-0.39, 0.29) is 30.5 Å². The quantitative estimate of drug-likeness (QED) is 0.310. The van der Waals surface area contributed by atoms with Gasteiger partial charge in [-0.2, -0.15) is 0 Å². The van der Waals surface area contributed by atoms with Crippen molar-refractivity contribution in [1.82, 2.24) is 19.8 Å². The first-order valence-electron chi connectivity index (χ1n) is 13.8. The van der Waals surface area contributed by atoms with E-state index in [1.54, 1.807) is 12.1 Å². The summed E-state index contributed by atoms with van der Waals surface area (Å²) in [5, 5.41) is 3.45. The number of primary amides is 1. The van der Waals surface area contributed by atoms with Gasteiger partial charge in [-0.15, -0.1) is 0 Å². The van der Waals surface area contributed by atoms with Gasteiger partial charge in [0.1, 0.15) is 0 Å². The second kappa shape index (κ2) is 12.6. The fraction of sp³-hybridized carbons (Fsp3) is 0.312. The molecular weight excluding hydrogens is 518 g/mol. The molecule has 1 amide bonds. The summed E-state index contributed by atoms with van der Waals surface area (Å²) >= 11 is 0. The van der Waals surface area contributed by atoms with Gasteiger partial charge >= 0.3 is 0 Å². The lowest BCUT2D eigenvalue weighted by atomic mass is 9.99. The SMILES string of the molecule is Cc1cc2ncc(=O)n(CC(=O)CNC(CN3CCOCC3)c3ccc(-c4cccc(C(N)=O)c4)cc3)c2cc1C. The molecule has 0 saturated carbocycles. The minimum absolute atomic E-state index is 0.0350. The number of carbonyl (C=O) groups excluding carboxylic acids is 2. The van der Waals surface area contributed by atoms with Crippen LogP contribution >= 0.6 is 0 Å². The highest BCUT2D eigenvalue weighted by Crippen LogP contribution is 2.24. The van der Waals surface area contributed by atoms with Crippen molar-refractivity contribution in [2.45, 2.75) is 26.4 Å². The number of ketones is 1. The number of nitrogens with two attached hydrogens (primary N) is 1. The molecule has 1 aromatic heterocycles. The standard InChI is InChI=1S/C32H35N5O4/c1-21-14-28-30(15-22(21)2)37(31(39)18-35-28)19-27(38)17-34-29(20-36-10-12-41-13-11-36)24-8-6-23(7-9-24)25-4-3-5-26(16-25)32(33)40/h3-9,14-16,18,29,34H,10-13,17,19-20H2,1-2H3,(H2,33,40). The average Bonchev–Trinajstić information content (AvgIpc) is 2.98. The fourth-order valence-corrected chi connectivity index (χ4v) is 5.14. The summed E-state index contributed by atoms with van der Waals surface area (Å²) in [4.78, 5) is 44.1. The van der Waals surface area contributed by atoms with E-state index in [1.165, 1.54) is 10.8 Å². The molecule has 0 aliphatic carbocycles. The molecule has 2 heterocycles. The Morgan fingerprint density at radius 1 is 1.00 bits per heavy atom. The summed E-state index contributed by atoms with van der Waals surface area (Å²) < 4.78 is 7.02. The van der Waals surface area contributed by atoms with Crippen LogP contribution in [0, 0.1) is 13.8 Å². The van der Waals surface area contributed by atoms with E-state index in [2.05, 4.69) is 15.2 Å². The molecule has 1 fully saturated rings. The smallest absolute Gasteiger partial charge is 0.269 e. The van der Waals surface area contributed by atoms with Crippen LogP contribution in [0.4, 0.5) is 0 Å². The number of aryl methyl sites for hydroxylation is 2. The van der Waals surface area contributed by atoms with Gasteiger partial charge in [0, 0.05) is 31.2 Å². The van der Waals surface area contributed by atoms with Crippen LogP contribution in [-0.4, -0.2) is 65.5 Å². The van der Waals surface area contributed by atoms with Crippen molar-refractivity contribution in [1.29, 1.82) is 0 Å². The molecule has 3 aromatic carbocycles. The Hall–Kier alpha value is -4.18. The van der Waals surface area contributed by atoms with Crippen molar-refractivity contribution in [2.75, 3.05) is 39.4 Å². The average molecular weight is 554 g/mol. The first kappa shape index (κ1) is 28.4. The normalized spacial score (nSPS) is 14.7. The minimum atomic E-state index is -0.463. The molecule has 0 bridgehead atoms. The molecular formula is C32H35N5O4. The van der Waals surface area contributed by atoms with Gasteiger partial charge < -0.3 is 15.8 Å². The van der Waals surface area contributed by atoms with Crippen molar-refractivity contribution in [3.8, 4) is 11.1 Å². The van der Waals surface area contributed by atoms with Gasteiger partial charge in [0.15, 0.2) is 5.78 Å². The van der Waals surface area contributed by atoms with Crippen molar-refractivity contribution in [3.63, 3.8) is 0 Å². The number of aromatic nitrogens is 2. The lowest BCUT2D eigenvalue weighted by Gasteiger charge is -2.31. The van der Waals surface area contributed by atoms with Crippen LogP contribution in [0.2, 0.25) is 0 Å². The molecule has 9 heteroatoms. The van der Waals surface area contributed by atoms with Crippen LogP contribution in [0.25, 0.3) is 22.2 Å². The molecule has 0 spiro atoms. The summed E-state index contributed by atoms with van der Waals surface area (Å²) in [6.07, 6.45) is 1.28. The van der Waals surface area contributed by atoms with Gasteiger partial charge in [-0.3, -0.25) is 23.9 Å². The molecule has 1 saturated heterocycles. The summed E-state index contributed by atoms with van der Waals surface area (Å²) in [5.41, 5.74) is 12.0. The number of nitrogens with zero attached hydrogens (tertiary/aromatic N) is 3. The first-order chi connectivity index (χ1) is 19.8. The molecule has 5 rings (SSSR count). The molecule has 0 radical (unpaired) electrons. The lowest BCUT2D eigenvalue weighted by molar-refractivity contribution is -0.119. The maximum absolute atomic E-state index is 13.2. The van der Waals surface area contributed by atoms with Crippen LogP contribution < -0.4 is 16.6 Å². The summed E-state index contributed by atoms with van der Waals surface area (Å²) in [6, 6.07) is 19.1. The molecule has 41 heavy (non-hydrogen) atoms. The summed E-state index contributed by atoms with van der Waals surface area (Å²) in [6.45, 7) is 7.77. The van der Waals surface area contributed by atoms with Crippen LogP contribution in [0.3, 0.4) is 0 Å². The molecule has 1 aliphatic rings. The molecule has 4 aromatic rings. The monoisotopic (exact) mass is 553 g/mol. The molecule has 1 aliphatic heterocycles. The van der Waals surface area contributed by atoms with Gasteiger partial charge in [0.2, 0.25) is 5.91 Å². The highest BCUT2D eigenvalue weighted by molar-refractivity contribution is 5.94. The number of benzene rings is 3. The highest BCUT2D eigenvalue weighted by Gasteiger charge is 2.20. The number of hydrogen-bond acceptors (Lipinski definition) is 7. The van der Waals surface area contributed by atoms with Crippen LogP contribution in [0.1, 0.15) is 33.1 Å². The summed E-state index contributed by atoms with van der Waals surface area (Å²) in [5.74, 6) is -0.556. The van der Waals surface area contributed by atoms with Gasteiger partial charge in [-0.1, -0.05) is 36.4 Å². The molecule has 3 N–H and O–H groups in total. The van der Waals surface area contributed by atoms with Crippen molar-refractivity contribution in [3.05, 3.63) is 99.5 Å². The minimum Gasteiger partial charge on any atom is -0.379 e. The number of morpholine rings is 1. The Morgan fingerprint density at radius 3 is 2.46 bits per heavy atom. The maximum atomic E-state index is 13.2. The number of hydrogen-bond donors (Lipinski definition) is 2. The number of nitrogens with one attached hydrogen (secondary N) is 1. The zero-order chi connectivity index (χ0) is 28.9. The molecule has 9 nitrogen and oxygen atoms in total. The van der Waals surface area contributed by atoms with E-state index < -0.39 is 5.91 Å². The Bertz CT molecular complexity index is 1620. The van der Waals surface area contributed by atoms with E-state index in [1.807, 2.05) is 62.4 Å². The lowest BCUT2D eigenvalue weighted by Crippen LogP contribution is -2.43. The zero-order valence-corrected chi connectivity index (χ0v) is 23.4. The predicted molar refractivity (Wildman–Crippen MR) is 159 cm³/mol. The van der Waals surface area contributed by atoms with Crippen LogP contribution in [0.15, 0.2) is 71.7 Å². The fourth-order valence-electron chi connectivity index (χ4n) is 5.14. The van der Waals surface area contributed by atoms with Crippen molar-refractivity contribution in [2.24, 2.45) is 5.73 Å². The van der Waals surface area contributed by atoms with Gasteiger partial charge in [0.05, 0.1) is 43.5 Å². The van der Waals surface area contributed by atoms with Crippen LogP contribution in [-0.2, 0) is 16.1 Å². The maximum Gasteiger partial charge on any atom is 0.269 e. The molecule has 1 unspecified atom stereocenters. The highest BCUT2D eigenvalue weighted by atomic mass is 16.5. The van der Waals surface area contributed by atoms with Gasteiger partial charge in [0.25, 0.3) is 5.56 Å². The van der Waals surface area contributed by atoms with Crippen molar-refractivity contribution >= 4 is 22.7 Å².